The van der Waals surface area contributed by atoms with Crippen molar-refractivity contribution in [2.24, 2.45) is 5.84 Å². The Labute approximate surface area is 130 Å². The Kier molecular flexibility index (Phi) is 4.52. The Balaban J connectivity index is 2.42. The minimum atomic E-state index is -3.81. The predicted octanol–water partition coefficient (Wildman–Crippen LogP) is 2.11. The number of nitrogens with two attached hydrogens (primary N) is 1. The van der Waals surface area contributed by atoms with Gasteiger partial charge in [-0.15, -0.1) is 11.3 Å². The van der Waals surface area contributed by atoms with Crippen molar-refractivity contribution < 1.29 is 13.2 Å². The second kappa shape index (κ2) is 6.02. The molecule has 1 aromatic carbocycles. The van der Waals surface area contributed by atoms with E-state index in [1.807, 2.05) is 5.43 Å². The van der Waals surface area contributed by atoms with Gasteiger partial charge >= 0.3 is 0 Å². The van der Waals surface area contributed by atoms with Crippen LogP contribution in [-0.4, -0.2) is 14.3 Å². The zero-order chi connectivity index (χ0) is 15.6. The van der Waals surface area contributed by atoms with Crippen LogP contribution in [0, 0.1) is 6.92 Å². The second-order valence-corrected chi connectivity index (χ2v) is 7.81. The van der Waals surface area contributed by atoms with Crippen molar-refractivity contribution in [1.29, 1.82) is 0 Å². The van der Waals surface area contributed by atoms with Crippen molar-refractivity contribution in [2.75, 3.05) is 4.72 Å². The first-order chi connectivity index (χ1) is 9.83. The molecule has 0 aliphatic heterocycles. The van der Waals surface area contributed by atoms with Gasteiger partial charge < -0.3 is 0 Å². The number of amides is 1. The molecule has 4 N–H and O–H groups in total. The van der Waals surface area contributed by atoms with Gasteiger partial charge in [-0.3, -0.25) is 14.9 Å². The van der Waals surface area contributed by atoms with Crippen LogP contribution in [0.5, 0.6) is 0 Å². The second-order valence-electron chi connectivity index (χ2n) is 4.19. The maximum atomic E-state index is 12.2. The fourth-order valence-corrected chi connectivity index (χ4v) is 4.21. The van der Waals surface area contributed by atoms with Crippen LogP contribution in [0.1, 0.15) is 15.9 Å². The van der Waals surface area contributed by atoms with E-state index >= 15 is 0 Å². The topological polar surface area (TPSA) is 101 Å². The number of aryl methyl sites for hydroxylation is 1. The molecule has 2 aromatic rings. The predicted molar refractivity (Wildman–Crippen MR) is 83.0 cm³/mol. The van der Waals surface area contributed by atoms with Crippen LogP contribution in [0.3, 0.4) is 0 Å². The normalized spacial score (nSPS) is 11.2. The highest BCUT2D eigenvalue weighted by Gasteiger charge is 2.20. The van der Waals surface area contributed by atoms with Gasteiger partial charge in [-0.1, -0.05) is 23.2 Å². The molecule has 2 rings (SSSR count). The molecule has 0 fully saturated rings. The van der Waals surface area contributed by atoms with Crippen molar-refractivity contribution in [3.05, 3.63) is 45.8 Å². The van der Waals surface area contributed by atoms with Gasteiger partial charge in [0.1, 0.15) is 4.21 Å². The van der Waals surface area contributed by atoms with Gasteiger partial charge in [0.25, 0.3) is 15.9 Å². The summed E-state index contributed by atoms with van der Waals surface area (Å²) in [4.78, 5) is 11.7. The maximum absolute atomic E-state index is 12.2. The number of sulfonamides is 1. The van der Waals surface area contributed by atoms with E-state index in [0.717, 1.165) is 16.9 Å². The fraction of sp³-hybridized carbons (Fsp3) is 0.0833. The van der Waals surface area contributed by atoms with Gasteiger partial charge in [0, 0.05) is 0 Å². The highest BCUT2D eigenvalue weighted by molar-refractivity contribution is 7.94. The number of rotatable bonds is 4. The summed E-state index contributed by atoms with van der Waals surface area (Å²) in [5.74, 6) is 4.53. The lowest BCUT2D eigenvalue weighted by molar-refractivity contribution is 0.0954. The largest absolute Gasteiger partial charge is 0.290 e. The number of hydrazine groups is 1. The Morgan fingerprint density at radius 1 is 1.29 bits per heavy atom. The minimum Gasteiger partial charge on any atom is -0.290 e. The van der Waals surface area contributed by atoms with Gasteiger partial charge in [0.15, 0.2) is 0 Å². The van der Waals surface area contributed by atoms with Gasteiger partial charge in [-0.25, -0.2) is 14.3 Å². The first kappa shape index (κ1) is 15.8. The van der Waals surface area contributed by atoms with Crippen molar-refractivity contribution in [2.45, 2.75) is 11.1 Å². The summed E-state index contributed by atoms with van der Waals surface area (Å²) in [6, 6.07) is 7.62. The van der Waals surface area contributed by atoms with E-state index in [-0.39, 0.29) is 15.5 Å². The van der Waals surface area contributed by atoms with Crippen molar-refractivity contribution in [3.63, 3.8) is 0 Å². The van der Waals surface area contributed by atoms with Crippen LogP contribution in [0.2, 0.25) is 4.34 Å². The Bertz CT molecular complexity index is 787. The number of nitrogen functional groups attached to an aromatic ring is 1. The molecule has 1 heterocycles. The molecule has 0 bridgehead atoms. The fourth-order valence-electron chi connectivity index (χ4n) is 1.65. The van der Waals surface area contributed by atoms with E-state index in [1.165, 1.54) is 18.2 Å². The molecule has 0 unspecified atom stereocenters. The van der Waals surface area contributed by atoms with Gasteiger partial charge in [0.05, 0.1) is 15.6 Å². The Morgan fingerprint density at radius 3 is 2.57 bits per heavy atom. The zero-order valence-electron chi connectivity index (χ0n) is 10.9. The molecule has 0 spiro atoms. The molecule has 0 saturated heterocycles. The van der Waals surface area contributed by atoms with Crippen molar-refractivity contribution >= 4 is 44.6 Å². The number of benzene rings is 1. The Morgan fingerprint density at radius 2 is 2.00 bits per heavy atom. The number of carbonyl (C=O) groups is 1. The molecule has 0 radical (unpaired) electrons. The first-order valence-corrected chi connectivity index (χ1v) is 8.41. The molecule has 0 saturated carbocycles. The van der Waals surface area contributed by atoms with Crippen LogP contribution in [0.25, 0.3) is 0 Å². The summed E-state index contributed by atoms with van der Waals surface area (Å²) >= 11 is 6.67. The van der Waals surface area contributed by atoms with Crippen LogP contribution in [0.4, 0.5) is 5.69 Å². The van der Waals surface area contributed by atoms with E-state index in [2.05, 4.69) is 4.72 Å². The molecule has 112 valence electrons. The molecular formula is C12H12ClN3O3S2. The lowest BCUT2D eigenvalue weighted by Crippen LogP contribution is -2.31. The number of halogens is 1. The average Bonchev–Trinajstić information content (AvgIpc) is 2.87. The number of nitrogens with one attached hydrogen (secondary N) is 2. The molecule has 0 aliphatic carbocycles. The highest BCUT2D eigenvalue weighted by atomic mass is 35.5. The van der Waals surface area contributed by atoms with Gasteiger partial charge in [-0.2, -0.15) is 0 Å². The quantitative estimate of drug-likeness (QED) is 0.448. The molecular weight excluding hydrogens is 334 g/mol. The lowest BCUT2D eigenvalue weighted by Gasteiger charge is -2.11. The molecule has 1 amide bonds. The minimum absolute atomic E-state index is 0.0622. The SMILES string of the molecule is Cc1ccc(NS(=O)(=O)c2ccc(Cl)s2)c(C(=O)NN)c1. The van der Waals surface area contributed by atoms with E-state index in [1.54, 1.807) is 19.1 Å². The van der Waals surface area contributed by atoms with Gasteiger partial charge in [-0.05, 0) is 31.2 Å². The number of thiophene rings is 1. The molecule has 21 heavy (non-hydrogen) atoms. The number of carbonyl (C=O) groups excluding carboxylic acids is 1. The van der Waals surface area contributed by atoms with E-state index in [4.69, 9.17) is 17.4 Å². The first-order valence-electron chi connectivity index (χ1n) is 5.73. The lowest BCUT2D eigenvalue weighted by atomic mass is 10.1. The molecule has 0 atom stereocenters. The van der Waals surface area contributed by atoms with Crippen LogP contribution in [0.15, 0.2) is 34.5 Å². The smallest absolute Gasteiger partial charge is 0.271 e. The summed E-state index contributed by atoms with van der Waals surface area (Å²) in [5.41, 5.74) is 3.08. The van der Waals surface area contributed by atoms with Crippen LogP contribution >= 0.6 is 22.9 Å². The number of anilines is 1. The third kappa shape index (κ3) is 3.53. The molecule has 0 aliphatic rings. The third-order valence-electron chi connectivity index (χ3n) is 2.61. The third-order valence-corrected chi connectivity index (χ3v) is 5.70. The van der Waals surface area contributed by atoms with Crippen LogP contribution in [-0.2, 0) is 10.0 Å². The Hall–Kier alpha value is -1.61. The summed E-state index contributed by atoms with van der Waals surface area (Å²) in [6.45, 7) is 1.78. The maximum Gasteiger partial charge on any atom is 0.271 e. The number of hydrogen-bond acceptors (Lipinski definition) is 5. The van der Waals surface area contributed by atoms with Crippen molar-refractivity contribution in [1.82, 2.24) is 5.43 Å². The monoisotopic (exact) mass is 345 g/mol. The zero-order valence-corrected chi connectivity index (χ0v) is 13.3. The summed E-state index contributed by atoms with van der Waals surface area (Å²) < 4.78 is 27.3. The van der Waals surface area contributed by atoms with E-state index < -0.39 is 15.9 Å². The van der Waals surface area contributed by atoms with E-state index in [0.29, 0.717) is 4.34 Å². The van der Waals surface area contributed by atoms with E-state index in [9.17, 15) is 13.2 Å². The molecule has 1 aromatic heterocycles. The number of hydrogen-bond donors (Lipinski definition) is 3. The van der Waals surface area contributed by atoms with Crippen LogP contribution < -0.4 is 16.0 Å². The van der Waals surface area contributed by atoms with Gasteiger partial charge in [0.2, 0.25) is 0 Å². The summed E-state index contributed by atoms with van der Waals surface area (Å²) in [7, 11) is -3.81. The molecule has 6 nitrogen and oxygen atoms in total. The highest BCUT2D eigenvalue weighted by Crippen LogP contribution is 2.28. The summed E-state index contributed by atoms with van der Waals surface area (Å²) in [5, 5.41) is 0. The standard InChI is InChI=1S/C12H12ClN3O3S2/c1-7-2-3-9(8(6-7)12(17)15-14)16-21(18,19)11-5-4-10(13)20-11/h2-6,16H,14H2,1H3,(H,15,17). The molecule has 9 heteroatoms. The summed E-state index contributed by atoms with van der Waals surface area (Å²) in [6.07, 6.45) is 0. The van der Waals surface area contributed by atoms with Crippen molar-refractivity contribution in [3.8, 4) is 0 Å². The average molecular weight is 346 g/mol.